The van der Waals surface area contributed by atoms with E-state index in [0.717, 1.165) is 10.6 Å². The summed E-state index contributed by atoms with van der Waals surface area (Å²) < 4.78 is 0. The number of nitrogens with one attached hydrogen (secondary N) is 1. The van der Waals surface area contributed by atoms with Crippen LogP contribution >= 0.6 is 22.9 Å². The van der Waals surface area contributed by atoms with Gasteiger partial charge in [0.05, 0.1) is 16.3 Å². The first-order valence-corrected chi connectivity index (χ1v) is 6.28. The topological polar surface area (TPSA) is 55.1 Å². The molecule has 0 spiro atoms. The molecule has 0 saturated carbocycles. The van der Waals surface area contributed by atoms with Crippen molar-refractivity contribution in [1.29, 1.82) is 0 Å². The Bertz CT molecular complexity index is 539. The van der Waals surface area contributed by atoms with Crippen LogP contribution in [0.25, 0.3) is 0 Å². The minimum absolute atomic E-state index is 0.398. The van der Waals surface area contributed by atoms with Crippen LogP contribution in [0.15, 0.2) is 35.7 Å². The number of carbonyl (C=O) groups excluding carboxylic acids is 1. The molecule has 0 bridgehead atoms. The fourth-order valence-corrected chi connectivity index (χ4v) is 2.41. The van der Waals surface area contributed by atoms with Gasteiger partial charge < -0.3 is 11.1 Å². The molecule has 0 aliphatic heterocycles. The van der Waals surface area contributed by atoms with E-state index in [0.29, 0.717) is 17.1 Å². The summed E-state index contributed by atoms with van der Waals surface area (Å²) in [5, 5.41) is 5.64. The van der Waals surface area contributed by atoms with E-state index >= 15 is 0 Å². The Morgan fingerprint density at radius 2 is 2.18 bits per heavy atom. The zero-order chi connectivity index (χ0) is 12.3. The first kappa shape index (κ1) is 12.0. The number of benzene rings is 1. The fraction of sp³-hybridized carbons (Fsp3) is 0.0833. The lowest BCUT2D eigenvalue weighted by Crippen LogP contribution is -2.09. The average Bonchev–Trinajstić information content (AvgIpc) is 2.77. The van der Waals surface area contributed by atoms with Gasteiger partial charge in [0.25, 0.3) is 0 Å². The molecule has 0 aliphatic rings. The molecule has 1 heterocycles. The Labute approximate surface area is 108 Å². The zero-order valence-corrected chi connectivity index (χ0v) is 10.5. The zero-order valence-electron chi connectivity index (χ0n) is 8.94. The maximum absolute atomic E-state index is 10.9. The SMILES string of the molecule is NC(=O)c1csc(CNc2ccccc2Cl)c1. The number of primary amides is 1. The number of carbonyl (C=O) groups is 1. The quantitative estimate of drug-likeness (QED) is 0.893. The predicted octanol–water partition coefficient (Wildman–Crippen LogP) is 3.11. The maximum atomic E-state index is 10.9. The molecule has 3 nitrogen and oxygen atoms in total. The van der Waals surface area contributed by atoms with Crippen LogP contribution in [-0.2, 0) is 6.54 Å². The van der Waals surface area contributed by atoms with E-state index in [1.165, 1.54) is 11.3 Å². The molecule has 3 N–H and O–H groups in total. The van der Waals surface area contributed by atoms with E-state index in [1.54, 1.807) is 11.4 Å². The third kappa shape index (κ3) is 2.99. The van der Waals surface area contributed by atoms with E-state index in [4.69, 9.17) is 17.3 Å². The van der Waals surface area contributed by atoms with E-state index in [1.807, 2.05) is 24.3 Å². The van der Waals surface area contributed by atoms with E-state index < -0.39 is 5.91 Å². The van der Waals surface area contributed by atoms with Crippen molar-refractivity contribution in [1.82, 2.24) is 0 Å². The third-order valence-corrected chi connectivity index (χ3v) is 3.53. The fourth-order valence-electron chi connectivity index (χ4n) is 1.39. The van der Waals surface area contributed by atoms with Crippen molar-refractivity contribution in [2.24, 2.45) is 5.73 Å². The van der Waals surface area contributed by atoms with Crippen molar-refractivity contribution in [2.45, 2.75) is 6.54 Å². The highest BCUT2D eigenvalue weighted by Gasteiger charge is 2.05. The second-order valence-electron chi connectivity index (χ2n) is 3.50. The van der Waals surface area contributed by atoms with Crippen molar-refractivity contribution < 1.29 is 4.79 Å². The van der Waals surface area contributed by atoms with Crippen LogP contribution in [0.3, 0.4) is 0 Å². The number of rotatable bonds is 4. The normalized spacial score (nSPS) is 10.2. The van der Waals surface area contributed by atoms with Gasteiger partial charge in [0.15, 0.2) is 0 Å². The Morgan fingerprint density at radius 3 is 2.82 bits per heavy atom. The lowest BCUT2D eigenvalue weighted by molar-refractivity contribution is 0.100. The number of amides is 1. The number of para-hydroxylation sites is 1. The number of hydrogen-bond acceptors (Lipinski definition) is 3. The van der Waals surface area contributed by atoms with Crippen LogP contribution in [0.1, 0.15) is 15.2 Å². The molecule has 0 radical (unpaired) electrons. The summed E-state index contributed by atoms with van der Waals surface area (Å²) >= 11 is 7.51. The number of nitrogens with two attached hydrogens (primary N) is 1. The standard InChI is InChI=1S/C12H11ClN2OS/c13-10-3-1-2-4-11(10)15-6-9-5-8(7-17-9)12(14)16/h1-5,7,15H,6H2,(H2,14,16). The van der Waals surface area contributed by atoms with E-state index in [-0.39, 0.29) is 0 Å². The number of thiophene rings is 1. The van der Waals surface area contributed by atoms with Gasteiger partial charge in [-0.25, -0.2) is 0 Å². The lowest BCUT2D eigenvalue weighted by atomic mass is 10.3. The van der Waals surface area contributed by atoms with E-state index in [9.17, 15) is 4.79 Å². The summed E-state index contributed by atoms with van der Waals surface area (Å²) in [6.45, 7) is 0.627. The molecule has 0 fully saturated rings. The minimum atomic E-state index is -0.398. The van der Waals surface area contributed by atoms with Crippen LogP contribution < -0.4 is 11.1 Å². The maximum Gasteiger partial charge on any atom is 0.249 e. The molecule has 17 heavy (non-hydrogen) atoms. The second kappa shape index (κ2) is 5.21. The smallest absolute Gasteiger partial charge is 0.249 e. The molecule has 0 atom stereocenters. The van der Waals surface area contributed by atoms with Gasteiger partial charge in [-0.05, 0) is 18.2 Å². The number of hydrogen-bond donors (Lipinski definition) is 2. The average molecular weight is 267 g/mol. The molecule has 1 aromatic heterocycles. The van der Waals surface area contributed by atoms with Gasteiger partial charge in [-0.3, -0.25) is 4.79 Å². The van der Waals surface area contributed by atoms with Gasteiger partial charge in [0.1, 0.15) is 0 Å². The second-order valence-corrected chi connectivity index (χ2v) is 4.90. The summed E-state index contributed by atoms with van der Waals surface area (Å²) in [4.78, 5) is 12.0. The monoisotopic (exact) mass is 266 g/mol. The van der Waals surface area contributed by atoms with Gasteiger partial charge in [0, 0.05) is 16.8 Å². The van der Waals surface area contributed by atoms with Gasteiger partial charge in [-0.2, -0.15) is 0 Å². The summed E-state index contributed by atoms with van der Waals surface area (Å²) in [6, 6.07) is 9.32. The summed E-state index contributed by atoms with van der Waals surface area (Å²) in [6.07, 6.45) is 0. The predicted molar refractivity (Wildman–Crippen MR) is 71.6 cm³/mol. The molecule has 1 aromatic carbocycles. The van der Waals surface area contributed by atoms with Gasteiger partial charge in [-0.15, -0.1) is 11.3 Å². The van der Waals surface area contributed by atoms with Crippen LogP contribution in [0.2, 0.25) is 5.02 Å². The molecular formula is C12H11ClN2OS. The molecular weight excluding hydrogens is 256 g/mol. The lowest BCUT2D eigenvalue weighted by Gasteiger charge is -2.06. The van der Waals surface area contributed by atoms with Crippen LogP contribution in [0.5, 0.6) is 0 Å². The number of anilines is 1. The van der Waals surface area contributed by atoms with Crippen LogP contribution in [0.4, 0.5) is 5.69 Å². The molecule has 5 heteroatoms. The highest BCUT2D eigenvalue weighted by Crippen LogP contribution is 2.22. The van der Waals surface area contributed by atoms with Gasteiger partial charge >= 0.3 is 0 Å². The van der Waals surface area contributed by atoms with Crippen molar-refractivity contribution in [3.63, 3.8) is 0 Å². The number of halogens is 1. The van der Waals surface area contributed by atoms with Crippen LogP contribution in [0, 0.1) is 0 Å². The molecule has 0 unspecified atom stereocenters. The van der Waals surface area contributed by atoms with Gasteiger partial charge in [0.2, 0.25) is 5.91 Å². The Morgan fingerprint density at radius 1 is 1.41 bits per heavy atom. The highest BCUT2D eigenvalue weighted by molar-refractivity contribution is 7.10. The van der Waals surface area contributed by atoms with E-state index in [2.05, 4.69) is 5.32 Å². The molecule has 1 amide bonds. The first-order chi connectivity index (χ1) is 8.16. The largest absolute Gasteiger partial charge is 0.379 e. The van der Waals surface area contributed by atoms with Crippen molar-refractivity contribution in [3.8, 4) is 0 Å². The molecule has 2 rings (SSSR count). The minimum Gasteiger partial charge on any atom is -0.379 e. The van der Waals surface area contributed by atoms with Gasteiger partial charge in [-0.1, -0.05) is 23.7 Å². The Hall–Kier alpha value is -1.52. The molecule has 0 saturated heterocycles. The summed E-state index contributed by atoms with van der Waals surface area (Å²) in [7, 11) is 0. The summed E-state index contributed by atoms with van der Waals surface area (Å²) in [5.74, 6) is -0.398. The summed E-state index contributed by atoms with van der Waals surface area (Å²) in [5.41, 5.74) is 6.61. The Balaban J connectivity index is 2.02. The molecule has 88 valence electrons. The van der Waals surface area contributed by atoms with Crippen molar-refractivity contribution in [3.05, 3.63) is 51.2 Å². The highest BCUT2D eigenvalue weighted by atomic mass is 35.5. The Kier molecular flexibility index (Phi) is 3.66. The van der Waals surface area contributed by atoms with Crippen molar-refractivity contribution >= 4 is 34.5 Å². The molecule has 2 aromatic rings. The van der Waals surface area contributed by atoms with Crippen molar-refractivity contribution in [2.75, 3.05) is 5.32 Å². The third-order valence-electron chi connectivity index (χ3n) is 2.27. The molecule has 0 aliphatic carbocycles. The van der Waals surface area contributed by atoms with Crippen LogP contribution in [-0.4, -0.2) is 5.91 Å². The first-order valence-electron chi connectivity index (χ1n) is 5.02.